The minimum atomic E-state index is -4.39. The van der Waals surface area contributed by atoms with Gasteiger partial charge >= 0.3 is 7.82 Å². The second kappa shape index (κ2) is 63.3. The predicted octanol–water partition coefficient (Wildman–Crippen LogP) is 3.95. The summed E-state index contributed by atoms with van der Waals surface area (Å²) in [6, 6.07) is 0. The van der Waals surface area contributed by atoms with Crippen LogP contribution in [0.3, 0.4) is 0 Å². The molecule has 0 aliphatic rings. The van der Waals surface area contributed by atoms with E-state index in [4.69, 9.17) is 29.1 Å². The maximum atomic E-state index is 10.3. The van der Waals surface area contributed by atoms with E-state index in [0.717, 1.165) is 0 Å². The molecule has 0 radical (unpaired) electrons. The quantitative estimate of drug-likeness (QED) is 0.236. The van der Waals surface area contributed by atoms with E-state index >= 15 is 0 Å². The van der Waals surface area contributed by atoms with Gasteiger partial charge in [-0.2, -0.15) is 0 Å². The summed E-state index contributed by atoms with van der Waals surface area (Å²) in [5, 5.41) is 8.39. The lowest BCUT2D eigenvalue weighted by atomic mass is 10.7. The van der Waals surface area contributed by atoms with Crippen LogP contribution in [0.2, 0.25) is 0 Å². The van der Waals surface area contributed by atoms with Gasteiger partial charge in [0, 0.05) is 0 Å². The van der Waals surface area contributed by atoms with Crippen LogP contribution < -0.4 is 0 Å². The molecule has 0 atom stereocenters. The van der Waals surface area contributed by atoms with E-state index in [1.165, 1.54) is 0 Å². The van der Waals surface area contributed by atoms with E-state index in [1.54, 1.807) is 0 Å². The van der Waals surface area contributed by atoms with Crippen molar-refractivity contribution in [2.45, 2.75) is 0 Å². The lowest BCUT2D eigenvalue weighted by Crippen LogP contribution is -2.12. The Labute approximate surface area is 178 Å². The maximum absolute atomic E-state index is 10.3. The van der Waals surface area contributed by atoms with E-state index in [1.807, 2.05) is 0 Å². The fraction of sp³-hybridized carbons (Fsp3) is 0.400. The Hall–Kier alpha value is -1.61. The van der Waals surface area contributed by atoms with Gasteiger partial charge in [0.2, 0.25) is 0 Å². The number of phosphoric ester groups is 1. The Morgan fingerprint density at radius 2 is 0.759 bits per heavy atom. The lowest BCUT2D eigenvalue weighted by Gasteiger charge is -2.07. The first kappa shape index (κ1) is 45.9. The minimum absolute atomic E-state index is 0.0112. The van der Waals surface area contributed by atoms with Crippen molar-refractivity contribution in [3.05, 3.63) is 78.9 Å². The molecule has 0 rings (SSSR count). The molecule has 0 aliphatic carbocycles. The third-order valence-electron chi connectivity index (χ3n) is 1.47. The molecule has 0 amide bonds. The van der Waals surface area contributed by atoms with Crippen molar-refractivity contribution in [3.8, 4) is 0 Å². The summed E-state index contributed by atoms with van der Waals surface area (Å²) in [7, 11) is -4.39. The highest BCUT2D eigenvalue weighted by atomic mass is 31.2. The van der Waals surface area contributed by atoms with Crippen molar-refractivity contribution in [1.82, 2.24) is 0 Å². The Morgan fingerprint density at radius 1 is 0.517 bits per heavy atom. The van der Waals surface area contributed by atoms with Crippen LogP contribution in [-0.2, 0) is 23.3 Å². The van der Waals surface area contributed by atoms with Crippen LogP contribution in [0, 0.1) is 0 Å². The summed E-state index contributed by atoms with van der Waals surface area (Å²) in [5.74, 6) is 0. The lowest BCUT2D eigenvalue weighted by molar-refractivity contribution is 0.00222. The number of aliphatic hydroxyl groups is 1. The molecule has 8 nitrogen and oxygen atoms in total. The van der Waals surface area contributed by atoms with Crippen molar-refractivity contribution < 1.29 is 38.2 Å². The van der Waals surface area contributed by atoms with Gasteiger partial charge in [0.05, 0.1) is 52.9 Å². The first-order valence-electron chi connectivity index (χ1n) is 8.10. The van der Waals surface area contributed by atoms with E-state index in [0.29, 0.717) is 33.0 Å². The molecule has 0 aliphatic heterocycles. The third-order valence-corrected chi connectivity index (χ3v) is 1.99. The number of hydrogen-bond donors (Lipinski definition) is 3. The highest BCUT2D eigenvalue weighted by Gasteiger charge is 2.12. The molecule has 3 N–H and O–H groups in total. The summed E-state index contributed by atoms with van der Waals surface area (Å²) < 4.78 is 29.4. The number of rotatable bonds is 12. The summed E-state index contributed by atoms with van der Waals surface area (Å²) in [6.45, 7) is 37.7. The Kier molecular flexibility index (Phi) is 100. The van der Waals surface area contributed by atoms with Crippen molar-refractivity contribution in [2.24, 2.45) is 0 Å². The molecule has 0 bridgehead atoms. The molecule has 0 fully saturated rings. The van der Waals surface area contributed by atoms with Gasteiger partial charge < -0.3 is 29.1 Å². The Bertz CT molecular complexity index is 272. The molecule has 0 aromatic rings. The standard InChI is InChI=1S/C8H19O8P.6C2H4/c9-1-2-13-3-4-14-5-6-15-7-8-16-17(10,11)12;6*1-2/h9H,1-8H2,(H2,10,11,12);6*1-2H2. The van der Waals surface area contributed by atoms with Crippen LogP contribution in [0.25, 0.3) is 0 Å². The Balaban J connectivity index is -0.0000000684. The van der Waals surface area contributed by atoms with Gasteiger partial charge in [0.25, 0.3) is 0 Å². The molecular weight excluding hydrogens is 399 g/mol. The van der Waals surface area contributed by atoms with Gasteiger partial charge in [-0.1, -0.05) is 0 Å². The minimum Gasteiger partial charge on any atom is -0.394 e. The Morgan fingerprint density at radius 3 is 1.00 bits per heavy atom. The molecule has 0 saturated carbocycles. The molecule has 0 aromatic carbocycles. The van der Waals surface area contributed by atoms with Crippen LogP contribution in [0.1, 0.15) is 0 Å². The summed E-state index contributed by atoms with van der Waals surface area (Å²) >= 11 is 0. The zero-order chi connectivity index (χ0) is 25.0. The molecule has 0 spiro atoms. The summed E-state index contributed by atoms with van der Waals surface area (Å²) in [5.41, 5.74) is 0. The van der Waals surface area contributed by atoms with E-state index < -0.39 is 7.82 Å². The van der Waals surface area contributed by atoms with Crippen molar-refractivity contribution >= 4 is 7.82 Å². The zero-order valence-electron chi connectivity index (χ0n) is 18.0. The van der Waals surface area contributed by atoms with Crippen molar-refractivity contribution in [1.29, 1.82) is 0 Å². The second-order valence-corrected chi connectivity index (χ2v) is 4.12. The highest BCUT2D eigenvalue weighted by molar-refractivity contribution is 7.46. The van der Waals surface area contributed by atoms with Gasteiger partial charge in [0.15, 0.2) is 0 Å². The monoisotopic (exact) mass is 442 g/mol. The van der Waals surface area contributed by atoms with Gasteiger partial charge in [0.1, 0.15) is 0 Å². The largest absolute Gasteiger partial charge is 0.469 e. The molecule has 0 unspecified atom stereocenters. The van der Waals surface area contributed by atoms with Crippen LogP contribution >= 0.6 is 7.82 Å². The smallest absolute Gasteiger partial charge is 0.394 e. The van der Waals surface area contributed by atoms with E-state index in [-0.39, 0.29) is 19.8 Å². The predicted molar refractivity (Wildman–Crippen MR) is 125 cm³/mol. The fourth-order valence-electron chi connectivity index (χ4n) is 0.822. The molecule has 0 aromatic heterocycles. The van der Waals surface area contributed by atoms with E-state index in [2.05, 4.69) is 83.5 Å². The number of hydrogen-bond acceptors (Lipinski definition) is 6. The second-order valence-electron chi connectivity index (χ2n) is 2.88. The van der Waals surface area contributed by atoms with Crippen molar-refractivity contribution in [3.63, 3.8) is 0 Å². The van der Waals surface area contributed by atoms with Gasteiger partial charge in [-0.25, -0.2) is 4.57 Å². The van der Waals surface area contributed by atoms with Crippen LogP contribution in [0.15, 0.2) is 78.9 Å². The first-order valence-corrected chi connectivity index (χ1v) is 9.63. The average molecular weight is 443 g/mol. The summed E-state index contributed by atoms with van der Waals surface area (Å²) in [4.78, 5) is 16.7. The number of aliphatic hydroxyl groups excluding tert-OH is 1. The normalized spacial score (nSPS) is 7.83. The van der Waals surface area contributed by atoms with E-state index in [9.17, 15) is 4.57 Å². The summed E-state index contributed by atoms with van der Waals surface area (Å²) in [6.07, 6.45) is 0. The first-order chi connectivity index (χ1) is 14.1. The molecule has 9 heteroatoms. The molecule has 176 valence electrons. The fourth-order valence-corrected chi connectivity index (χ4v) is 1.13. The molecule has 29 heavy (non-hydrogen) atoms. The average Bonchev–Trinajstić information content (AvgIpc) is 2.79. The molecular formula is C20H43O8P. The van der Waals surface area contributed by atoms with Gasteiger partial charge in [-0.05, 0) is 0 Å². The maximum Gasteiger partial charge on any atom is 0.469 e. The number of phosphoric acid groups is 1. The van der Waals surface area contributed by atoms with Gasteiger partial charge in [-0.15, -0.1) is 78.9 Å². The van der Waals surface area contributed by atoms with Gasteiger partial charge in [-0.3, -0.25) is 4.52 Å². The SMILES string of the molecule is C=C.C=C.C=C.C=C.C=C.C=C.O=P(O)(O)OCCOCCOCCOCCO. The molecule has 0 saturated heterocycles. The number of ether oxygens (including phenoxy) is 3. The topological polar surface area (TPSA) is 115 Å². The highest BCUT2D eigenvalue weighted by Crippen LogP contribution is 2.35. The van der Waals surface area contributed by atoms with Crippen LogP contribution in [0.5, 0.6) is 0 Å². The third kappa shape index (κ3) is 102. The van der Waals surface area contributed by atoms with Crippen LogP contribution in [-0.4, -0.2) is 67.7 Å². The van der Waals surface area contributed by atoms with Crippen LogP contribution in [0.4, 0.5) is 0 Å². The van der Waals surface area contributed by atoms with Crippen molar-refractivity contribution in [2.75, 3.05) is 52.9 Å². The molecule has 0 heterocycles. The zero-order valence-corrected chi connectivity index (χ0v) is 18.9.